The van der Waals surface area contributed by atoms with Gasteiger partial charge < -0.3 is 9.13 Å². The zero-order valence-electron chi connectivity index (χ0n) is 19.6. The molecule has 2 aromatic heterocycles. The summed E-state index contributed by atoms with van der Waals surface area (Å²) >= 11 is 0. The summed E-state index contributed by atoms with van der Waals surface area (Å²) < 4.78 is 31.4. The number of nitriles is 1. The van der Waals surface area contributed by atoms with Gasteiger partial charge in [-0.05, 0) is 54.8 Å². The van der Waals surface area contributed by atoms with Crippen LogP contribution < -0.4 is 5.30 Å². The Hall–Kier alpha value is -4.08. The van der Waals surface area contributed by atoms with Crippen LogP contribution >= 0.6 is 7.14 Å². The molecule has 176 valence electrons. The maximum absolute atomic E-state index is 14.8. The van der Waals surface area contributed by atoms with Gasteiger partial charge in [-0.25, -0.2) is 19.0 Å². The lowest BCUT2D eigenvalue weighted by molar-refractivity contribution is 0.504. The second kappa shape index (κ2) is 7.22. The number of rotatable bonds is 2. The second-order valence-electron chi connectivity index (χ2n) is 9.73. The molecule has 36 heavy (non-hydrogen) atoms. The van der Waals surface area contributed by atoms with Gasteiger partial charge in [-0.15, -0.1) is 0 Å². The number of hydrogen-bond acceptors (Lipinski definition) is 5. The minimum Gasteiger partial charge on any atom is -0.319 e. The third kappa shape index (κ3) is 2.84. The normalized spacial score (nSPS) is 17.8. The van der Waals surface area contributed by atoms with E-state index < -0.39 is 13.0 Å². The van der Waals surface area contributed by atoms with E-state index in [2.05, 4.69) is 20.7 Å². The van der Waals surface area contributed by atoms with Crippen molar-refractivity contribution in [1.82, 2.24) is 24.3 Å². The highest BCUT2D eigenvalue weighted by molar-refractivity contribution is 7.70. The van der Waals surface area contributed by atoms with Gasteiger partial charge in [-0.3, -0.25) is 0 Å². The number of halogens is 1. The number of fused-ring (bicyclic) bond motifs is 6. The van der Waals surface area contributed by atoms with Gasteiger partial charge >= 0.3 is 0 Å². The molecule has 0 amide bonds. The van der Waals surface area contributed by atoms with E-state index in [1.165, 1.54) is 6.07 Å². The van der Waals surface area contributed by atoms with Gasteiger partial charge in [0.1, 0.15) is 31.2 Å². The van der Waals surface area contributed by atoms with E-state index in [-0.39, 0.29) is 17.4 Å². The van der Waals surface area contributed by atoms with Crippen molar-refractivity contribution < 1.29 is 8.96 Å². The Morgan fingerprint density at radius 2 is 1.89 bits per heavy atom. The summed E-state index contributed by atoms with van der Waals surface area (Å²) in [5, 5.41) is 14.7. The van der Waals surface area contributed by atoms with Crippen molar-refractivity contribution in [3.8, 4) is 28.6 Å². The maximum Gasteiger partial charge on any atom is 0.159 e. The summed E-state index contributed by atoms with van der Waals surface area (Å²) in [5.74, 6) is 1.16. The highest BCUT2D eigenvalue weighted by atomic mass is 31.2. The lowest BCUT2D eigenvalue weighted by atomic mass is 9.93. The van der Waals surface area contributed by atoms with Crippen LogP contribution in [-0.4, -0.2) is 37.6 Å². The topological polar surface area (TPSA) is 89.4 Å². The lowest BCUT2D eigenvalue weighted by Gasteiger charge is -2.19. The zero-order valence-corrected chi connectivity index (χ0v) is 20.4. The fourth-order valence-electron chi connectivity index (χ4n) is 5.74. The minimum atomic E-state index is -2.71. The highest BCUT2D eigenvalue weighted by Gasteiger charge is 2.42. The van der Waals surface area contributed by atoms with Gasteiger partial charge in [0.25, 0.3) is 0 Å². The number of hydrogen-bond donors (Lipinski definition) is 0. The fourth-order valence-corrected chi connectivity index (χ4v) is 6.76. The molecule has 7 nitrogen and oxygen atoms in total. The number of benzene rings is 3. The standard InChI is InChI=1S/C27H20FN6OP/c1-36(2,35)24-9-7-15(10-19(24)28)16-6-8-20-21(11-16)33-22-12-23(27(33)32-20)34-26(30-14-31-34)18-5-3-4-17(13-29)25(18)22/h3-11,14,22-23H,12H2,1-2H3/t22-,23-/m0/s1. The second-order valence-corrected chi connectivity index (χ2v) is 12.9. The first kappa shape index (κ1) is 21.2. The largest absolute Gasteiger partial charge is 0.319 e. The molecular weight excluding hydrogens is 474 g/mol. The van der Waals surface area contributed by atoms with Crippen LogP contribution in [0.15, 0.2) is 60.9 Å². The molecule has 2 aliphatic rings. The number of nitrogens with zero attached hydrogens (tertiary/aromatic N) is 6. The van der Waals surface area contributed by atoms with Crippen molar-refractivity contribution >= 4 is 23.5 Å². The molecule has 2 atom stereocenters. The molecule has 0 spiro atoms. The molecule has 0 radical (unpaired) electrons. The first-order valence-corrected chi connectivity index (χ1v) is 14.3. The van der Waals surface area contributed by atoms with Crippen LogP contribution in [0.25, 0.3) is 33.5 Å². The molecule has 0 unspecified atom stereocenters. The molecule has 0 fully saturated rings. The average Bonchev–Trinajstić information content (AvgIpc) is 3.54. The van der Waals surface area contributed by atoms with Crippen LogP contribution in [0, 0.1) is 17.1 Å². The molecule has 5 aromatic rings. The van der Waals surface area contributed by atoms with Gasteiger partial charge in [0.05, 0.1) is 28.7 Å². The van der Waals surface area contributed by atoms with Crippen molar-refractivity contribution in [3.05, 3.63) is 83.7 Å². The lowest BCUT2D eigenvalue weighted by Crippen LogP contribution is -2.13. The van der Waals surface area contributed by atoms with Crippen LogP contribution in [0.2, 0.25) is 0 Å². The van der Waals surface area contributed by atoms with E-state index in [9.17, 15) is 14.2 Å². The molecule has 3 aromatic carbocycles. The molecule has 2 bridgehead atoms. The summed E-state index contributed by atoms with van der Waals surface area (Å²) in [6.07, 6.45) is 2.27. The maximum atomic E-state index is 14.8. The predicted molar refractivity (Wildman–Crippen MR) is 135 cm³/mol. The Morgan fingerprint density at radius 1 is 1.08 bits per heavy atom. The summed E-state index contributed by atoms with van der Waals surface area (Å²) in [6.45, 7) is 3.14. The fraction of sp³-hybridized carbons (Fsp3) is 0.185. The van der Waals surface area contributed by atoms with E-state index in [0.29, 0.717) is 11.1 Å². The van der Waals surface area contributed by atoms with Gasteiger partial charge in [0.15, 0.2) is 5.82 Å². The highest BCUT2D eigenvalue weighted by Crippen LogP contribution is 2.50. The third-order valence-corrected chi connectivity index (χ3v) is 8.83. The van der Waals surface area contributed by atoms with E-state index in [1.54, 1.807) is 25.7 Å². The number of imidazole rings is 1. The molecule has 0 aliphatic carbocycles. The van der Waals surface area contributed by atoms with Crippen LogP contribution in [0.4, 0.5) is 4.39 Å². The molecule has 7 rings (SSSR count). The van der Waals surface area contributed by atoms with Crippen molar-refractivity contribution in [3.63, 3.8) is 0 Å². The number of aromatic nitrogens is 5. The molecule has 4 heterocycles. The summed E-state index contributed by atoms with van der Waals surface area (Å²) in [6, 6.07) is 18.6. The molecule has 0 saturated carbocycles. The zero-order chi connectivity index (χ0) is 24.8. The monoisotopic (exact) mass is 494 g/mol. The molecule has 0 N–H and O–H groups in total. The van der Waals surface area contributed by atoms with Crippen LogP contribution in [0.1, 0.15) is 35.5 Å². The Morgan fingerprint density at radius 3 is 2.67 bits per heavy atom. The first-order valence-electron chi connectivity index (χ1n) is 11.7. The molecule has 9 heteroatoms. The van der Waals surface area contributed by atoms with Gasteiger partial charge in [-0.2, -0.15) is 10.4 Å². The third-order valence-electron chi connectivity index (χ3n) is 7.30. The summed E-state index contributed by atoms with van der Waals surface area (Å²) in [4.78, 5) is 9.48. The van der Waals surface area contributed by atoms with E-state index >= 15 is 0 Å². The molecular formula is C27H20FN6OP. The van der Waals surface area contributed by atoms with Crippen LogP contribution in [0.5, 0.6) is 0 Å². The van der Waals surface area contributed by atoms with E-state index in [4.69, 9.17) is 4.98 Å². The van der Waals surface area contributed by atoms with Crippen molar-refractivity contribution in [1.29, 1.82) is 5.26 Å². The average molecular weight is 494 g/mol. The smallest absolute Gasteiger partial charge is 0.159 e. The Labute approximate surface area is 206 Å². The minimum absolute atomic E-state index is 0.107. The quantitative estimate of drug-likeness (QED) is 0.318. The van der Waals surface area contributed by atoms with Crippen LogP contribution in [0.3, 0.4) is 0 Å². The van der Waals surface area contributed by atoms with Crippen molar-refractivity contribution in [2.75, 3.05) is 13.3 Å². The van der Waals surface area contributed by atoms with E-state index in [0.717, 1.165) is 45.8 Å². The Balaban J connectivity index is 1.46. The summed E-state index contributed by atoms with van der Waals surface area (Å²) in [5.41, 5.74) is 5.73. The molecule has 0 saturated heterocycles. The first-order chi connectivity index (χ1) is 17.3. The Kier molecular flexibility index (Phi) is 4.26. The Bertz CT molecular complexity index is 1820. The van der Waals surface area contributed by atoms with Gasteiger partial charge in [-0.1, -0.05) is 24.3 Å². The van der Waals surface area contributed by atoms with Crippen molar-refractivity contribution in [2.24, 2.45) is 0 Å². The van der Waals surface area contributed by atoms with Gasteiger partial charge in [0.2, 0.25) is 0 Å². The van der Waals surface area contributed by atoms with Gasteiger partial charge in [0, 0.05) is 22.9 Å². The molecule has 2 aliphatic heterocycles. The van der Waals surface area contributed by atoms with Crippen LogP contribution in [-0.2, 0) is 4.57 Å². The predicted octanol–water partition coefficient (Wildman–Crippen LogP) is 5.12. The van der Waals surface area contributed by atoms with E-state index in [1.807, 2.05) is 47.1 Å². The SMILES string of the molecule is CP(C)(=O)c1ccc(-c2ccc3nc4n(c3c2)[C@H]2C[C@@H]4n3ncnc3-c3cccc(C#N)c32)cc1F. The van der Waals surface area contributed by atoms with Crippen molar-refractivity contribution in [2.45, 2.75) is 18.5 Å². The summed E-state index contributed by atoms with van der Waals surface area (Å²) in [7, 11) is -2.71.